The molecule has 10 bridgehead atoms. The Morgan fingerprint density at radius 1 is 0.619 bits per heavy atom. The summed E-state index contributed by atoms with van der Waals surface area (Å²) >= 11 is 0. The van der Waals surface area contributed by atoms with E-state index in [0.717, 1.165) is 55.3 Å². The van der Waals surface area contributed by atoms with Crippen LogP contribution in [-0.4, -0.2) is 44.8 Å². The van der Waals surface area contributed by atoms with Crippen LogP contribution >= 0.6 is 0 Å². The minimum atomic E-state index is -0.237. The third-order valence-corrected chi connectivity index (χ3v) is 14.5. The molecule has 11 fully saturated rings. The second-order valence-electron chi connectivity index (χ2n) is 18.9. The van der Waals surface area contributed by atoms with Crippen molar-refractivity contribution in [1.29, 1.82) is 0 Å². The summed E-state index contributed by atoms with van der Waals surface area (Å²) in [5.74, 6) is 6.33. The van der Waals surface area contributed by atoms with E-state index in [9.17, 15) is 20.4 Å². The molecule has 10 unspecified atom stereocenters. The second kappa shape index (κ2) is 11.9. The molecule has 10 atom stereocenters. The molecule has 0 amide bonds. The highest BCUT2D eigenvalue weighted by atomic mass is 16.3. The largest absolute Gasteiger partial charge is 0.396 e. The molecule has 242 valence electrons. The number of hydrogen-bond donors (Lipinski definition) is 4. The smallest absolute Gasteiger partial charge is 0.0658 e. The van der Waals surface area contributed by atoms with Crippen molar-refractivity contribution >= 4 is 0 Å². The van der Waals surface area contributed by atoms with Crippen molar-refractivity contribution in [3.05, 3.63) is 0 Å². The summed E-state index contributed by atoms with van der Waals surface area (Å²) in [5.41, 5.74) is 1.24. The first-order valence-electron chi connectivity index (χ1n) is 18.5. The molecule has 0 saturated heterocycles. The van der Waals surface area contributed by atoms with Crippen molar-refractivity contribution in [3.63, 3.8) is 0 Å². The van der Waals surface area contributed by atoms with E-state index >= 15 is 0 Å². The average molecular weight is 587 g/mol. The van der Waals surface area contributed by atoms with E-state index in [0.29, 0.717) is 40.6 Å². The number of aliphatic hydroxyl groups is 4. The standard InChI is InChI=1S/C12H20O.C11H18O.C8H14O.C7H14O/c1-11-3-9-2-10(4-11)6-12(5-9,7-11)8-13;1-10-3-8-2-9(4-10)6-11(12,5-8)7-10;1-5-6-2-3-7(4-6)8(5)9;1-6-4-2-3-5-7(6)8/h9-10,13H,2-8H2,1H3;8-9,12H,2-7H2,1H3;5-9H,2-4H2,1H3;6-8H,2-5H2,1H3. The molecule has 0 radical (unpaired) electrons. The molecule has 0 aromatic carbocycles. The lowest BCUT2D eigenvalue weighted by Gasteiger charge is -2.61. The molecule has 11 rings (SSSR count). The molecule has 4 N–H and O–H groups in total. The Morgan fingerprint density at radius 3 is 1.50 bits per heavy atom. The van der Waals surface area contributed by atoms with Crippen molar-refractivity contribution < 1.29 is 20.4 Å². The fourth-order valence-electron chi connectivity index (χ4n) is 13.6. The zero-order chi connectivity index (χ0) is 29.9. The summed E-state index contributed by atoms with van der Waals surface area (Å²) in [5, 5.41) is 38.5. The molecule has 0 aliphatic heterocycles. The molecular weight excluding hydrogens is 520 g/mol. The summed E-state index contributed by atoms with van der Waals surface area (Å²) in [4.78, 5) is 0. The van der Waals surface area contributed by atoms with Crippen LogP contribution in [0.2, 0.25) is 0 Å². The summed E-state index contributed by atoms with van der Waals surface area (Å²) in [6.45, 7) is 9.61. The van der Waals surface area contributed by atoms with Crippen molar-refractivity contribution in [2.75, 3.05) is 6.61 Å². The van der Waals surface area contributed by atoms with Gasteiger partial charge in [-0.1, -0.05) is 40.5 Å². The maximum atomic E-state index is 10.3. The Bertz CT molecular complexity index is 854. The highest BCUT2D eigenvalue weighted by Crippen LogP contribution is 2.65. The lowest BCUT2D eigenvalue weighted by Crippen LogP contribution is -2.54. The van der Waals surface area contributed by atoms with Gasteiger partial charge < -0.3 is 20.4 Å². The van der Waals surface area contributed by atoms with Gasteiger partial charge in [0.25, 0.3) is 0 Å². The molecule has 4 heteroatoms. The van der Waals surface area contributed by atoms with Crippen LogP contribution in [0.1, 0.15) is 150 Å². The van der Waals surface area contributed by atoms with Gasteiger partial charge in [-0.15, -0.1) is 0 Å². The maximum Gasteiger partial charge on any atom is 0.0658 e. The van der Waals surface area contributed by atoms with Gasteiger partial charge >= 0.3 is 0 Å². The highest BCUT2D eigenvalue weighted by Gasteiger charge is 2.56. The van der Waals surface area contributed by atoms with Gasteiger partial charge in [0.2, 0.25) is 0 Å². The first-order valence-corrected chi connectivity index (χ1v) is 18.5. The summed E-state index contributed by atoms with van der Waals surface area (Å²) in [7, 11) is 0. The molecule has 0 aromatic heterocycles. The lowest BCUT2D eigenvalue weighted by atomic mass is 9.45. The number of hydrogen-bond acceptors (Lipinski definition) is 4. The van der Waals surface area contributed by atoms with Gasteiger partial charge in [-0.2, -0.15) is 0 Å². The molecule has 0 spiro atoms. The van der Waals surface area contributed by atoms with Gasteiger partial charge in [-0.3, -0.25) is 0 Å². The van der Waals surface area contributed by atoms with E-state index in [1.807, 2.05) is 0 Å². The fraction of sp³-hybridized carbons (Fsp3) is 1.00. The van der Waals surface area contributed by atoms with Crippen molar-refractivity contribution in [2.45, 2.75) is 167 Å². The van der Waals surface area contributed by atoms with E-state index in [4.69, 9.17) is 0 Å². The van der Waals surface area contributed by atoms with Gasteiger partial charge in [0.1, 0.15) is 0 Å². The molecule has 11 aliphatic carbocycles. The first kappa shape index (κ1) is 31.8. The van der Waals surface area contributed by atoms with Crippen molar-refractivity contribution in [3.8, 4) is 0 Å². The molecule has 42 heavy (non-hydrogen) atoms. The van der Waals surface area contributed by atoms with Crippen LogP contribution in [0.25, 0.3) is 0 Å². The first-order chi connectivity index (χ1) is 19.8. The molecule has 0 aromatic rings. The minimum Gasteiger partial charge on any atom is -0.396 e. The van der Waals surface area contributed by atoms with E-state index in [-0.39, 0.29) is 17.8 Å². The van der Waals surface area contributed by atoms with Crippen molar-refractivity contribution in [1.82, 2.24) is 0 Å². The zero-order valence-electron chi connectivity index (χ0n) is 27.7. The van der Waals surface area contributed by atoms with Crippen molar-refractivity contribution in [2.24, 2.45) is 63.6 Å². The topological polar surface area (TPSA) is 80.9 Å². The van der Waals surface area contributed by atoms with E-state index in [1.54, 1.807) is 0 Å². The van der Waals surface area contributed by atoms with Gasteiger partial charge in [0.15, 0.2) is 0 Å². The number of fused-ring (bicyclic) bond motifs is 2. The van der Waals surface area contributed by atoms with Crippen LogP contribution in [0.5, 0.6) is 0 Å². The SMILES string of the molecule is CC12CC3CC(C1)CC(CO)(C3)C2.CC12CC3CC(C1)CC(O)(C3)C2.CC1C2CCC(C2)C1O.CC1CCCCC1O. The highest BCUT2D eigenvalue weighted by molar-refractivity contribution is 5.07. The quantitative estimate of drug-likeness (QED) is 0.252. The van der Waals surface area contributed by atoms with Crippen LogP contribution < -0.4 is 0 Å². The Balaban J connectivity index is 0.000000102. The lowest BCUT2D eigenvalue weighted by molar-refractivity contribution is -0.157. The van der Waals surface area contributed by atoms with Gasteiger partial charge in [-0.05, 0) is 173 Å². The van der Waals surface area contributed by atoms with Gasteiger partial charge in [0.05, 0.1) is 17.8 Å². The van der Waals surface area contributed by atoms with E-state index in [1.165, 1.54) is 96.3 Å². The van der Waals surface area contributed by atoms with E-state index in [2.05, 4.69) is 27.7 Å². The minimum absolute atomic E-state index is 0.00347. The summed E-state index contributed by atoms with van der Waals surface area (Å²) in [6, 6.07) is 0. The second-order valence-corrected chi connectivity index (χ2v) is 18.9. The average Bonchev–Trinajstić information content (AvgIpc) is 3.47. The van der Waals surface area contributed by atoms with Crippen LogP contribution in [-0.2, 0) is 0 Å². The third kappa shape index (κ3) is 6.68. The summed E-state index contributed by atoms with van der Waals surface area (Å²) in [6.07, 6.45) is 24.7. The van der Waals surface area contributed by atoms with Crippen LogP contribution in [0.4, 0.5) is 0 Å². The molecule has 11 aliphatic rings. The maximum absolute atomic E-state index is 10.3. The Hall–Kier alpha value is -0.160. The van der Waals surface area contributed by atoms with Crippen LogP contribution in [0.15, 0.2) is 0 Å². The Morgan fingerprint density at radius 2 is 1.14 bits per heavy atom. The van der Waals surface area contributed by atoms with E-state index < -0.39 is 0 Å². The predicted octanol–water partition coefficient (Wildman–Crippen LogP) is 7.89. The summed E-state index contributed by atoms with van der Waals surface area (Å²) < 4.78 is 0. The Labute approximate surface area is 257 Å². The fourth-order valence-corrected chi connectivity index (χ4v) is 13.6. The van der Waals surface area contributed by atoms with Crippen LogP contribution in [0, 0.1) is 63.6 Å². The third-order valence-electron chi connectivity index (χ3n) is 14.5. The predicted molar refractivity (Wildman–Crippen MR) is 170 cm³/mol. The number of rotatable bonds is 1. The monoisotopic (exact) mass is 586 g/mol. The molecule has 11 saturated carbocycles. The Kier molecular flexibility index (Phi) is 9.00. The molecular formula is C38H66O4. The van der Waals surface area contributed by atoms with Gasteiger partial charge in [-0.25, -0.2) is 0 Å². The van der Waals surface area contributed by atoms with Gasteiger partial charge in [0, 0.05) is 6.61 Å². The molecule has 0 heterocycles. The molecule has 4 nitrogen and oxygen atoms in total. The number of aliphatic hydroxyl groups excluding tert-OH is 3. The normalized spacial score (nSPS) is 55.7. The van der Waals surface area contributed by atoms with Crippen LogP contribution in [0.3, 0.4) is 0 Å². The zero-order valence-corrected chi connectivity index (χ0v) is 27.7.